The molecule has 0 saturated carbocycles. The van der Waals surface area contributed by atoms with E-state index in [1.54, 1.807) is 6.07 Å². The molecule has 1 amide bonds. The number of allylic oxidation sites excluding steroid dienone is 1. The highest BCUT2D eigenvalue weighted by Gasteiger charge is 2.13. The standard InChI is InChI=1S/C19H25NO5S2/c1-3-4-5-6-18(23)20-9-10-26-27-13-15(21)11-14-7-8-17(22)16(12-14)19(24)25-2/h4-5,7-8,12,22H,3,6,9-11,13H2,1-2H3,(H,20,23)/b5-4-. The smallest absolute Gasteiger partial charge is 0.341 e. The lowest BCUT2D eigenvalue weighted by molar-refractivity contribution is -0.120. The van der Waals surface area contributed by atoms with Gasteiger partial charge < -0.3 is 15.2 Å². The van der Waals surface area contributed by atoms with Gasteiger partial charge in [0.15, 0.2) is 0 Å². The molecule has 8 heteroatoms. The molecule has 0 radical (unpaired) electrons. The Balaban J connectivity index is 2.25. The summed E-state index contributed by atoms with van der Waals surface area (Å²) >= 11 is 0. The van der Waals surface area contributed by atoms with Gasteiger partial charge in [0.1, 0.15) is 17.1 Å². The summed E-state index contributed by atoms with van der Waals surface area (Å²) in [4.78, 5) is 35.1. The van der Waals surface area contributed by atoms with Crippen molar-refractivity contribution in [2.45, 2.75) is 26.2 Å². The van der Waals surface area contributed by atoms with Crippen LogP contribution in [-0.4, -0.2) is 47.9 Å². The molecule has 0 aliphatic carbocycles. The normalized spacial score (nSPS) is 10.7. The number of rotatable bonds is 12. The largest absolute Gasteiger partial charge is 0.507 e. The lowest BCUT2D eigenvalue weighted by Crippen LogP contribution is -2.24. The topological polar surface area (TPSA) is 92.7 Å². The Labute approximate surface area is 167 Å². The van der Waals surface area contributed by atoms with Crippen molar-refractivity contribution in [2.24, 2.45) is 0 Å². The van der Waals surface area contributed by atoms with Crippen LogP contribution in [0.25, 0.3) is 0 Å². The SMILES string of the molecule is CC/C=C\CC(=O)NCCSSCC(=O)Cc1ccc(O)c(C(=O)OC)c1. The fourth-order valence-corrected chi connectivity index (χ4v) is 3.94. The highest BCUT2D eigenvalue weighted by molar-refractivity contribution is 8.76. The number of nitrogens with one attached hydrogen (secondary N) is 1. The monoisotopic (exact) mass is 411 g/mol. The number of hydrogen-bond donors (Lipinski definition) is 2. The van der Waals surface area contributed by atoms with Crippen LogP contribution in [0.2, 0.25) is 0 Å². The molecule has 0 spiro atoms. The van der Waals surface area contributed by atoms with Gasteiger partial charge in [-0.25, -0.2) is 4.79 Å². The first-order valence-corrected chi connectivity index (χ1v) is 11.0. The van der Waals surface area contributed by atoms with Crippen molar-refractivity contribution >= 4 is 39.2 Å². The number of aromatic hydroxyl groups is 1. The second-order valence-corrected chi connectivity index (χ2v) is 8.16. The van der Waals surface area contributed by atoms with Crippen molar-refractivity contribution in [3.63, 3.8) is 0 Å². The minimum atomic E-state index is -0.640. The number of methoxy groups -OCH3 is 1. The van der Waals surface area contributed by atoms with E-state index in [-0.39, 0.29) is 29.4 Å². The third-order valence-corrected chi connectivity index (χ3v) is 5.71. The van der Waals surface area contributed by atoms with Gasteiger partial charge in [-0.05, 0) is 24.1 Å². The van der Waals surface area contributed by atoms with Crippen LogP contribution in [0.4, 0.5) is 0 Å². The summed E-state index contributed by atoms with van der Waals surface area (Å²) in [6.45, 7) is 2.58. The summed E-state index contributed by atoms with van der Waals surface area (Å²) in [5, 5.41) is 12.5. The third-order valence-electron chi connectivity index (χ3n) is 3.38. The molecule has 0 aromatic heterocycles. The number of carbonyl (C=O) groups excluding carboxylic acids is 3. The number of phenolic OH excluding ortho intramolecular Hbond substituents is 1. The number of ketones is 1. The van der Waals surface area contributed by atoms with Gasteiger partial charge in [0.2, 0.25) is 5.91 Å². The van der Waals surface area contributed by atoms with E-state index in [1.165, 1.54) is 40.8 Å². The lowest BCUT2D eigenvalue weighted by Gasteiger charge is -2.06. The van der Waals surface area contributed by atoms with Gasteiger partial charge in [-0.1, -0.05) is 46.7 Å². The average Bonchev–Trinajstić information content (AvgIpc) is 2.65. The maximum absolute atomic E-state index is 12.0. The average molecular weight is 412 g/mol. The van der Waals surface area contributed by atoms with Crippen molar-refractivity contribution in [3.05, 3.63) is 41.5 Å². The van der Waals surface area contributed by atoms with Crippen molar-refractivity contribution in [1.82, 2.24) is 5.32 Å². The van der Waals surface area contributed by atoms with Gasteiger partial charge >= 0.3 is 5.97 Å². The summed E-state index contributed by atoms with van der Waals surface area (Å²) in [5.74, 6) is 0.242. The minimum Gasteiger partial charge on any atom is -0.507 e. The van der Waals surface area contributed by atoms with Gasteiger partial charge in [0, 0.05) is 25.1 Å². The maximum atomic E-state index is 12.0. The molecule has 0 aliphatic rings. The van der Waals surface area contributed by atoms with Gasteiger partial charge in [-0.3, -0.25) is 9.59 Å². The fourth-order valence-electron chi connectivity index (χ4n) is 2.07. The number of carbonyl (C=O) groups is 3. The molecule has 1 rings (SSSR count). The predicted molar refractivity (Wildman–Crippen MR) is 110 cm³/mol. The zero-order chi connectivity index (χ0) is 20.1. The second kappa shape index (κ2) is 13.3. The summed E-state index contributed by atoms with van der Waals surface area (Å²) in [7, 11) is 4.19. The molecule has 0 heterocycles. The first kappa shape index (κ1) is 23.1. The van der Waals surface area contributed by atoms with Crippen LogP contribution in [0.5, 0.6) is 5.75 Å². The highest BCUT2D eigenvalue weighted by Crippen LogP contribution is 2.23. The number of amides is 1. The van der Waals surface area contributed by atoms with Crippen LogP contribution in [-0.2, 0) is 20.7 Å². The van der Waals surface area contributed by atoms with E-state index in [9.17, 15) is 19.5 Å². The molecule has 6 nitrogen and oxygen atoms in total. The number of Topliss-reactive ketones (excluding diaryl/α,β-unsaturated/α-hetero) is 1. The Hall–Kier alpha value is -1.93. The number of ether oxygens (including phenoxy) is 1. The van der Waals surface area contributed by atoms with Gasteiger partial charge in [-0.2, -0.15) is 0 Å². The molecule has 27 heavy (non-hydrogen) atoms. The lowest BCUT2D eigenvalue weighted by atomic mass is 10.1. The van der Waals surface area contributed by atoms with Crippen LogP contribution < -0.4 is 5.32 Å². The Kier molecular flexibility index (Phi) is 11.4. The quantitative estimate of drug-likeness (QED) is 0.236. The summed E-state index contributed by atoms with van der Waals surface area (Å²) in [6.07, 6.45) is 5.30. The first-order valence-electron chi connectivity index (χ1n) is 8.56. The van der Waals surface area contributed by atoms with Crippen molar-refractivity contribution in [2.75, 3.05) is 25.2 Å². The summed E-state index contributed by atoms with van der Waals surface area (Å²) in [5.41, 5.74) is 0.700. The maximum Gasteiger partial charge on any atom is 0.341 e. The first-order chi connectivity index (χ1) is 13.0. The Bertz CT molecular complexity index is 676. The number of hydrogen-bond acceptors (Lipinski definition) is 7. The van der Waals surface area contributed by atoms with Crippen LogP contribution >= 0.6 is 21.6 Å². The second-order valence-electron chi connectivity index (χ2n) is 5.58. The van der Waals surface area contributed by atoms with E-state index >= 15 is 0 Å². The van der Waals surface area contributed by atoms with E-state index in [1.807, 2.05) is 19.1 Å². The van der Waals surface area contributed by atoms with E-state index in [4.69, 9.17) is 0 Å². The summed E-state index contributed by atoms with van der Waals surface area (Å²) in [6, 6.07) is 4.47. The molecule has 0 fully saturated rings. The zero-order valence-corrected chi connectivity index (χ0v) is 17.2. The fraction of sp³-hybridized carbons (Fsp3) is 0.421. The molecular formula is C19H25NO5S2. The van der Waals surface area contributed by atoms with Crippen molar-refractivity contribution in [1.29, 1.82) is 0 Å². The molecule has 0 saturated heterocycles. The minimum absolute atomic E-state index is 0.00452. The van der Waals surface area contributed by atoms with Crippen LogP contribution in [0.3, 0.4) is 0 Å². The number of phenols is 1. The molecular weight excluding hydrogens is 386 g/mol. The molecule has 1 aromatic rings. The third kappa shape index (κ3) is 9.53. The van der Waals surface area contributed by atoms with E-state index in [2.05, 4.69) is 10.1 Å². The Morgan fingerprint density at radius 1 is 1.22 bits per heavy atom. The zero-order valence-electron chi connectivity index (χ0n) is 15.5. The predicted octanol–water partition coefficient (Wildman–Crippen LogP) is 3.14. The van der Waals surface area contributed by atoms with Crippen LogP contribution in [0.1, 0.15) is 35.7 Å². The number of benzene rings is 1. The van der Waals surface area contributed by atoms with Gasteiger partial charge in [0.25, 0.3) is 0 Å². The van der Waals surface area contributed by atoms with Crippen LogP contribution in [0.15, 0.2) is 30.4 Å². The van der Waals surface area contributed by atoms with Crippen molar-refractivity contribution in [3.8, 4) is 5.75 Å². The Morgan fingerprint density at radius 3 is 2.70 bits per heavy atom. The van der Waals surface area contributed by atoms with E-state index in [0.29, 0.717) is 30.0 Å². The molecule has 0 atom stereocenters. The molecule has 1 aromatic carbocycles. The molecule has 2 N–H and O–H groups in total. The van der Waals surface area contributed by atoms with E-state index in [0.717, 1.165) is 6.42 Å². The molecule has 0 unspecified atom stereocenters. The van der Waals surface area contributed by atoms with Gasteiger partial charge in [0.05, 0.1) is 12.9 Å². The number of esters is 1. The molecule has 0 bridgehead atoms. The highest BCUT2D eigenvalue weighted by atomic mass is 33.1. The molecule has 0 aliphatic heterocycles. The van der Waals surface area contributed by atoms with Gasteiger partial charge in [-0.15, -0.1) is 0 Å². The van der Waals surface area contributed by atoms with Crippen LogP contribution in [0, 0.1) is 0 Å². The molecule has 148 valence electrons. The van der Waals surface area contributed by atoms with Crippen molar-refractivity contribution < 1.29 is 24.2 Å². The summed E-state index contributed by atoms with van der Waals surface area (Å²) < 4.78 is 4.60. The Morgan fingerprint density at radius 2 is 2.00 bits per heavy atom. The van der Waals surface area contributed by atoms with E-state index < -0.39 is 5.97 Å².